The van der Waals surface area contributed by atoms with Gasteiger partial charge in [0, 0.05) is 36.7 Å². The zero-order valence-corrected chi connectivity index (χ0v) is 19.0. The Balaban J connectivity index is 1.41. The van der Waals surface area contributed by atoms with Crippen LogP contribution in [0.2, 0.25) is 5.02 Å². The van der Waals surface area contributed by atoms with Crippen LogP contribution in [0.4, 0.5) is 5.69 Å². The summed E-state index contributed by atoms with van der Waals surface area (Å²) >= 11 is 6.27. The maximum absolute atomic E-state index is 13.0. The van der Waals surface area contributed by atoms with Gasteiger partial charge in [0.05, 0.1) is 15.6 Å². The van der Waals surface area contributed by atoms with Crippen LogP contribution in [0.1, 0.15) is 30.1 Å². The fourth-order valence-electron chi connectivity index (χ4n) is 3.78. The van der Waals surface area contributed by atoms with E-state index < -0.39 is 10.0 Å². The minimum absolute atomic E-state index is 0.0798. The van der Waals surface area contributed by atoms with Gasteiger partial charge >= 0.3 is 0 Å². The van der Waals surface area contributed by atoms with Gasteiger partial charge in [-0.15, -0.1) is 0 Å². The number of hydrogen-bond donors (Lipinski definition) is 1. The fourth-order valence-corrected chi connectivity index (χ4v) is 5.49. The van der Waals surface area contributed by atoms with Gasteiger partial charge in [0.15, 0.2) is 17.3 Å². The van der Waals surface area contributed by atoms with Gasteiger partial charge in [-0.05, 0) is 31.9 Å². The average Bonchev–Trinajstić information content (AvgIpc) is 2.79. The molecule has 0 radical (unpaired) electrons. The van der Waals surface area contributed by atoms with Gasteiger partial charge in [0.2, 0.25) is 15.9 Å². The van der Waals surface area contributed by atoms with Gasteiger partial charge in [0.1, 0.15) is 13.2 Å². The number of piperidine rings is 1. The number of halogens is 1. The zero-order chi connectivity index (χ0) is 22.9. The molecule has 2 aliphatic rings. The molecule has 2 aliphatic heterocycles. The van der Waals surface area contributed by atoms with Gasteiger partial charge < -0.3 is 14.8 Å². The van der Waals surface area contributed by atoms with Crippen molar-refractivity contribution in [3.63, 3.8) is 0 Å². The first-order valence-corrected chi connectivity index (χ1v) is 12.1. The van der Waals surface area contributed by atoms with Crippen molar-refractivity contribution in [1.82, 2.24) is 4.31 Å². The number of carbonyl (C=O) groups is 2. The molecule has 0 atom stereocenters. The monoisotopic (exact) mass is 478 g/mol. The van der Waals surface area contributed by atoms with Gasteiger partial charge in [0.25, 0.3) is 0 Å². The molecule has 170 valence electrons. The predicted octanol–water partition coefficient (Wildman–Crippen LogP) is 3.35. The molecule has 1 saturated heterocycles. The van der Waals surface area contributed by atoms with E-state index >= 15 is 0 Å². The molecular weight excluding hydrogens is 456 g/mol. The summed E-state index contributed by atoms with van der Waals surface area (Å²) in [7, 11) is -3.75. The molecule has 10 heteroatoms. The fraction of sp³-hybridized carbons (Fsp3) is 0.364. The number of ether oxygens (including phenoxy) is 2. The van der Waals surface area contributed by atoms with Crippen molar-refractivity contribution in [2.45, 2.75) is 24.7 Å². The van der Waals surface area contributed by atoms with Crippen LogP contribution in [-0.2, 0) is 14.8 Å². The van der Waals surface area contributed by atoms with Crippen LogP contribution in [0.25, 0.3) is 0 Å². The lowest BCUT2D eigenvalue weighted by molar-refractivity contribution is -0.120. The zero-order valence-electron chi connectivity index (χ0n) is 17.5. The third-order valence-electron chi connectivity index (χ3n) is 5.59. The van der Waals surface area contributed by atoms with Crippen molar-refractivity contribution >= 4 is 39.0 Å². The van der Waals surface area contributed by atoms with Gasteiger partial charge in [-0.3, -0.25) is 9.59 Å². The molecule has 0 aromatic heterocycles. The Morgan fingerprint density at radius 1 is 1.06 bits per heavy atom. The number of carbonyl (C=O) groups excluding carboxylic acids is 2. The van der Waals surface area contributed by atoms with E-state index in [0.717, 1.165) is 0 Å². The van der Waals surface area contributed by atoms with Crippen LogP contribution in [-0.4, -0.2) is 50.7 Å². The smallest absolute Gasteiger partial charge is 0.243 e. The van der Waals surface area contributed by atoms with E-state index in [1.807, 2.05) is 0 Å². The van der Waals surface area contributed by atoms with Crippen LogP contribution < -0.4 is 14.8 Å². The number of amides is 1. The van der Waals surface area contributed by atoms with Crippen LogP contribution in [0, 0.1) is 5.92 Å². The number of nitrogens with zero attached hydrogens (tertiary/aromatic N) is 1. The second-order valence-corrected chi connectivity index (χ2v) is 10.1. The lowest BCUT2D eigenvalue weighted by atomic mass is 9.97. The standard InChI is InChI=1S/C22H23ClN2O6S/c1-14(26)16-3-2-4-17(11-16)32(28,29)25-7-5-15(6-8-25)22(27)24-19-13-21-20(12-18(19)23)30-9-10-31-21/h2-4,11-13,15H,5-10H2,1H3,(H,24,27). The van der Waals surface area contributed by atoms with Crippen LogP contribution >= 0.6 is 11.6 Å². The van der Waals surface area contributed by atoms with E-state index in [2.05, 4.69) is 5.32 Å². The molecule has 0 unspecified atom stereocenters. The first-order valence-electron chi connectivity index (χ1n) is 10.3. The van der Waals surface area contributed by atoms with Crippen molar-refractivity contribution < 1.29 is 27.5 Å². The molecule has 0 spiro atoms. The highest BCUT2D eigenvalue weighted by atomic mass is 35.5. The average molecular weight is 479 g/mol. The molecule has 2 aromatic rings. The summed E-state index contributed by atoms with van der Waals surface area (Å²) in [6.45, 7) is 2.67. The lowest BCUT2D eigenvalue weighted by Crippen LogP contribution is -2.41. The maximum Gasteiger partial charge on any atom is 0.243 e. The van der Waals surface area contributed by atoms with Crippen LogP contribution in [0.3, 0.4) is 0 Å². The molecule has 1 amide bonds. The number of hydrogen-bond acceptors (Lipinski definition) is 6. The van der Waals surface area contributed by atoms with E-state index in [9.17, 15) is 18.0 Å². The summed E-state index contributed by atoms with van der Waals surface area (Å²) in [6, 6.07) is 9.25. The molecule has 4 rings (SSSR count). The van der Waals surface area contributed by atoms with Crippen LogP contribution in [0.5, 0.6) is 11.5 Å². The third-order valence-corrected chi connectivity index (χ3v) is 7.80. The van der Waals surface area contributed by atoms with E-state index in [0.29, 0.717) is 53.8 Å². The Bertz CT molecular complexity index is 1160. The first kappa shape index (κ1) is 22.6. The molecular formula is C22H23ClN2O6S. The minimum atomic E-state index is -3.75. The highest BCUT2D eigenvalue weighted by molar-refractivity contribution is 7.89. The summed E-state index contributed by atoms with van der Waals surface area (Å²) in [5.41, 5.74) is 0.772. The number of anilines is 1. The van der Waals surface area contributed by atoms with Crippen molar-refractivity contribution in [2.75, 3.05) is 31.6 Å². The number of ketones is 1. The minimum Gasteiger partial charge on any atom is -0.486 e. The Labute approximate surface area is 191 Å². The molecule has 32 heavy (non-hydrogen) atoms. The van der Waals surface area contributed by atoms with Gasteiger partial charge in [-0.1, -0.05) is 23.7 Å². The number of nitrogens with one attached hydrogen (secondary N) is 1. The second-order valence-electron chi connectivity index (χ2n) is 7.73. The Morgan fingerprint density at radius 2 is 1.72 bits per heavy atom. The molecule has 0 bridgehead atoms. The van der Waals surface area contributed by atoms with Crippen molar-refractivity contribution in [1.29, 1.82) is 0 Å². The SMILES string of the molecule is CC(=O)c1cccc(S(=O)(=O)N2CCC(C(=O)Nc3cc4c(cc3Cl)OCCO4)CC2)c1. The number of benzene rings is 2. The second kappa shape index (κ2) is 9.09. The highest BCUT2D eigenvalue weighted by Crippen LogP contribution is 2.38. The molecule has 2 heterocycles. The molecule has 1 fully saturated rings. The Morgan fingerprint density at radius 3 is 2.38 bits per heavy atom. The summed E-state index contributed by atoms with van der Waals surface area (Å²) in [6.07, 6.45) is 0.749. The van der Waals surface area contributed by atoms with Gasteiger partial charge in [-0.25, -0.2) is 8.42 Å². The van der Waals surface area contributed by atoms with Crippen molar-refractivity contribution in [3.05, 3.63) is 47.0 Å². The van der Waals surface area contributed by atoms with Crippen molar-refractivity contribution in [3.8, 4) is 11.5 Å². The molecule has 0 aliphatic carbocycles. The molecule has 1 N–H and O–H groups in total. The first-order chi connectivity index (χ1) is 15.3. The number of rotatable bonds is 5. The number of fused-ring (bicyclic) bond motifs is 1. The van der Waals surface area contributed by atoms with E-state index in [1.54, 1.807) is 24.3 Å². The summed E-state index contributed by atoms with van der Waals surface area (Å²) in [5, 5.41) is 3.16. The highest BCUT2D eigenvalue weighted by Gasteiger charge is 2.32. The summed E-state index contributed by atoms with van der Waals surface area (Å²) in [5.74, 6) is 0.278. The molecule has 0 saturated carbocycles. The Hall–Kier alpha value is -2.62. The van der Waals surface area contributed by atoms with Gasteiger partial charge in [-0.2, -0.15) is 4.31 Å². The number of Topliss-reactive ketones (excluding diaryl/α,β-unsaturated/α-hetero) is 1. The normalized spacial score (nSPS) is 17.1. The van der Waals surface area contributed by atoms with E-state index in [1.165, 1.54) is 23.4 Å². The number of sulfonamides is 1. The quantitative estimate of drug-likeness (QED) is 0.661. The molecule has 2 aromatic carbocycles. The van der Waals surface area contributed by atoms with E-state index in [-0.39, 0.29) is 35.6 Å². The lowest BCUT2D eigenvalue weighted by Gasteiger charge is -2.30. The largest absolute Gasteiger partial charge is 0.486 e. The van der Waals surface area contributed by atoms with Crippen molar-refractivity contribution in [2.24, 2.45) is 5.92 Å². The maximum atomic E-state index is 13.0. The predicted molar refractivity (Wildman–Crippen MR) is 119 cm³/mol. The Kier molecular flexibility index (Phi) is 6.41. The molecule has 8 nitrogen and oxygen atoms in total. The topological polar surface area (TPSA) is 102 Å². The summed E-state index contributed by atoms with van der Waals surface area (Å²) < 4.78 is 38.3. The van der Waals surface area contributed by atoms with E-state index in [4.69, 9.17) is 21.1 Å². The van der Waals surface area contributed by atoms with Crippen LogP contribution in [0.15, 0.2) is 41.3 Å². The summed E-state index contributed by atoms with van der Waals surface area (Å²) in [4.78, 5) is 24.5. The third kappa shape index (κ3) is 4.60.